The average molecular weight is 381 g/mol. The van der Waals surface area contributed by atoms with E-state index >= 15 is 0 Å². The monoisotopic (exact) mass is 381 g/mol. The predicted molar refractivity (Wildman–Crippen MR) is 97.6 cm³/mol. The SMILES string of the molecule is CN1CC2(CCC1C(=O)N1CCN(c3cccc(C(F)(F)F)c3)CC1)CC2. The van der Waals surface area contributed by atoms with Crippen molar-refractivity contribution >= 4 is 11.6 Å². The maximum Gasteiger partial charge on any atom is 0.416 e. The molecule has 27 heavy (non-hydrogen) atoms. The second-order valence-electron chi connectivity index (χ2n) is 8.33. The van der Waals surface area contributed by atoms with Gasteiger partial charge < -0.3 is 9.80 Å². The molecular formula is C20H26F3N3O. The highest BCUT2D eigenvalue weighted by Crippen LogP contribution is 2.52. The normalized spacial score (nSPS) is 25.7. The number of benzene rings is 1. The Hall–Kier alpha value is -1.76. The summed E-state index contributed by atoms with van der Waals surface area (Å²) >= 11 is 0. The molecule has 1 aromatic rings. The Morgan fingerprint density at radius 2 is 1.81 bits per heavy atom. The van der Waals surface area contributed by atoms with E-state index in [1.165, 1.54) is 25.0 Å². The highest BCUT2D eigenvalue weighted by molar-refractivity contribution is 5.82. The molecule has 3 aliphatic rings. The molecule has 2 aliphatic heterocycles. The van der Waals surface area contributed by atoms with Crippen LogP contribution >= 0.6 is 0 Å². The number of halogens is 3. The molecule has 1 aromatic carbocycles. The van der Waals surface area contributed by atoms with Crippen LogP contribution in [0.3, 0.4) is 0 Å². The predicted octanol–water partition coefficient (Wildman–Crippen LogP) is 3.23. The first-order valence-corrected chi connectivity index (χ1v) is 9.69. The maximum absolute atomic E-state index is 12.9. The lowest BCUT2D eigenvalue weighted by Crippen LogP contribution is -2.56. The van der Waals surface area contributed by atoms with Crippen LogP contribution < -0.4 is 4.90 Å². The van der Waals surface area contributed by atoms with Crippen molar-refractivity contribution < 1.29 is 18.0 Å². The van der Waals surface area contributed by atoms with Crippen LogP contribution in [0.5, 0.6) is 0 Å². The molecule has 4 nitrogen and oxygen atoms in total. The summed E-state index contributed by atoms with van der Waals surface area (Å²) in [4.78, 5) is 19.0. The molecule has 3 fully saturated rings. The second-order valence-corrected chi connectivity index (χ2v) is 8.33. The van der Waals surface area contributed by atoms with Gasteiger partial charge in [0.05, 0.1) is 11.6 Å². The van der Waals surface area contributed by atoms with Gasteiger partial charge in [0.1, 0.15) is 0 Å². The number of likely N-dealkylation sites (tertiary alicyclic amines) is 1. The van der Waals surface area contributed by atoms with Gasteiger partial charge in [0.15, 0.2) is 0 Å². The highest BCUT2D eigenvalue weighted by Gasteiger charge is 2.48. The zero-order chi connectivity index (χ0) is 19.2. The number of nitrogens with zero attached hydrogens (tertiary/aromatic N) is 3. The van der Waals surface area contributed by atoms with E-state index in [0.29, 0.717) is 37.3 Å². The van der Waals surface area contributed by atoms with Gasteiger partial charge in [-0.1, -0.05) is 6.07 Å². The fraction of sp³-hybridized carbons (Fsp3) is 0.650. The molecule has 1 aliphatic carbocycles. The second kappa shape index (κ2) is 6.69. The number of hydrogen-bond donors (Lipinski definition) is 0. The van der Waals surface area contributed by atoms with E-state index in [9.17, 15) is 18.0 Å². The topological polar surface area (TPSA) is 26.8 Å². The van der Waals surface area contributed by atoms with E-state index in [2.05, 4.69) is 4.90 Å². The van der Waals surface area contributed by atoms with Crippen LogP contribution in [0.25, 0.3) is 0 Å². The van der Waals surface area contributed by atoms with Gasteiger partial charge in [-0.15, -0.1) is 0 Å². The summed E-state index contributed by atoms with van der Waals surface area (Å²) in [6.45, 7) is 3.25. The molecule has 2 saturated heterocycles. The number of piperidine rings is 1. The minimum atomic E-state index is -4.34. The van der Waals surface area contributed by atoms with Gasteiger partial charge in [-0.3, -0.25) is 9.69 Å². The largest absolute Gasteiger partial charge is 0.416 e. The smallest absolute Gasteiger partial charge is 0.368 e. The Morgan fingerprint density at radius 1 is 1.11 bits per heavy atom. The number of amides is 1. The summed E-state index contributed by atoms with van der Waals surface area (Å²) in [5.74, 6) is 0.177. The van der Waals surface area contributed by atoms with Crippen LogP contribution in [0.1, 0.15) is 31.2 Å². The number of alkyl halides is 3. The molecule has 0 radical (unpaired) electrons. The van der Waals surface area contributed by atoms with Crippen molar-refractivity contribution in [3.05, 3.63) is 29.8 Å². The van der Waals surface area contributed by atoms with Crippen LogP contribution in [0.2, 0.25) is 0 Å². The van der Waals surface area contributed by atoms with Crippen LogP contribution in [0, 0.1) is 5.41 Å². The highest BCUT2D eigenvalue weighted by atomic mass is 19.4. The summed E-state index contributed by atoms with van der Waals surface area (Å²) in [6, 6.07) is 5.39. The van der Waals surface area contributed by atoms with Crippen molar-refractivity contribution in [3.8, 4) is 0 Å². The molecule has 1 saturated carbocycles. The van der Waals surface area contributed by atoms with Crippen molar-refractivity contribution in [1.29, 1.82) is 0 Å². The number of carbonyl (C=O) groups excluding carboxylic acids is 1. The summed E-state index contributed by atoms with van der Waals surface area (Å²) in [5.41, 5.74) is 0.423. The fourth-order valence-corrected chi connectivity index (χ4v) is 4.55. The zero-order valence-corrected chi connectivity index (χ0v) is 15.6. The molecule has 1 unspecified atom stereocenters. The molecule has 1 spiro atoms. The molecule has 7 heteroatoms. The van der Waals surface area contributed by atoms with Crippen molar-refractivity contribution in [2.45, 2.75) is 37.9 Å². The minimum absolute atomic E-state index is 0.0451. The molecule has 148 valence electrons. The number of piperazine rings is 1. The van der Waals surface area contributed by atoms with E-state index in [1.807, 2.05) is 16.8 Å². The van der Waals surface area contributed by atoms with Gasteiger partial charge in [0.2, 0.25) is 5.91 Å². The first-order valence-electron chi connectivity index (χ1n) is 9.69. The van der Waals surface area contributed by atoms with Crippen molar-refractivity contribution in [1.82, 2.24) is 9.80 Å². The Kier molecular flexibility index (Phi) is 4.61. The van der Waals surface area contributed by atoms with Crippen LogP contribution in [-0.4, -0.2) is 61.5 Å². The summed E-state index contributed by atoms with van der Waals surface area (Å²) in [5, 5.41) is 0. The third-order valence-corrected chi connectivity index (χ3v) is 6.44. The first kappa shape index (κ1) is 18.6. The average Bonchev–Trinajstić information content (AvgIpc) is 3.39. The lowest BCUT2D eigenvalue weighted by Gasteiger charge is -2.42. The molecule has 0 aromatic heterocycles. The zero-order valence-electron chi connectivity index (χ0n) is 15.6. The number of likely N-dealkylation sites (N-methyl/N-ethyl adjacent to an activating group) is 1. The van der Waals surface area contributed by atoms with E-state index in [1.54, 1.807) is 6.07 Å². The summed E-state index contributed by atoms with van der Waals surface area (Å²) in [7, 11) is 2.04. The Bertz CT molecular complexity index is 709. The lowest BCUT2D eigenvalue weighted by atomic mass is 9.90. The maximum atomic E-state index is 12.9. The van der Waals surface area contributed by atoms with Gasteiger partial charge in [-0.25, -0.2) is 0 Å². The number of anilines is 1. The van der Waals surface area contributed by atoms with Crippen LogP contribution in [-0.2, 0) is 11.0 Å². The van der Waals surface area contributed by atoms with Gasteiger partial charge in [0.25, 0.3) is 0 Å². The minimum Gasteiger partial charge on any atom is -0.368 e. The third kappa shape index (κ3) is 3.79. The fourth-order valence-electron chi connectivity index (χ4n) is 4.55. The van der Waals surface area contributed by atoms with Crippen molar-refractivity contribution in [3.63, 3.8) is 0 Å². The number of hydrogen-bond acceptors (Lipinski definition) is 3. The lowest BCUT2D eigenvalue weighted by molar-refractivity contribution is -0.139. The molecule has 1 amide bonds. The van der Waals surface area contributed by atoms with E-state index in [-0.39, 0.29) is 11.9 Å². The summed E-state index contributed by atoms with van der Waals surface area (Å²) in [6.07, 6.45) is 0.293. The molecule has 0 N–H and O–H groups in total. The van der Waals surface area contributed by atoms with Gasteiger partial charge in [0, 0.05) is 38.4 Å². The van der Waals surface area contributed by atoms with Gasteiger partial charge >= 0.3 is 6.18 Å². The van der Waals surface area contributed by atoms with Crippen molar-refractivity contribution in [2.75, 3.05) is 44.7 Å². The summed E-state index contributed by atoms with van der Waals surface area (Å²) < 4.78 is 38.8. The third-order valence-electron chi connectivity index (χ3n) is 6.44. The Labute approximate surface area is 157 Å². The number of rotatable bonds is 2. The van der Waals surface area contributed by atoms with E-state index in [4.69, 9.17) is 0 Å². The molecule has 1 atom stereocenters. The van der Waals surface area contributed by atoms with Gasteiger partial charge in [-0.05, 0) is 56.3 Å². The molecule has 0 bridgehead atoms. The molecule has 4 rings (SSSR count). The van der Waals surface area contributed by atoms with Gasteiger partial charge in [-0.2, -0.15) is 13.2 Å². The van der Waals surface area contributed by atoms with E-state index in [0.717, 1.165) is 25.5 Å². The standard InChI is InChI=1S/C20H26F3N3O/c1-24-14-19(7-8-19)6-5-17(24)18(27)26-11-9-25(10-12-26)16-4-2-3-15(13-16)20(21,22)23/h2-4,13,17H,5-12,14H2,1H3. The Morgan fingerprint density at radius 3 is 2.41 bits per heavy atom. The van der Waals surface area contributed by atoms with Crippen LogP contribution in [0.15, 0.2) is 24.3 Å². The van der Waals surface area contributed by atoms with E-state index < -0.39 is 11.7 Å². The quantitative estimate of drug-likeness (QED) is 0.787. The first-order chi connectivity index (χ1) is 12.8. The molecular weight excluding hydrogens is 355 g/mol. The van der Waals surface area contributed by atoms with Crippen molar-refractivity contribution in [2.24, 2.45) is 5.41 Å². The molecule has 2 heterocycles. The van der Waals surface area contributed by atoms with Crippen LogP contribution in [0.4, 0.5) is 18.9 Å². The Balaban J connectivity index is 1.35. The number of carbonyl (C=O) groups is 1.